The minimum Gasteiger partial charge on any atom is -0.407 e. The monoisotopic (exact) mass is 446 g/mol. The van der Waals surface area contributed by atoms with Crippen molar-refractivity contribution in [3.8, 4) is 5.75 Å². The number of aryl methyl sites for hydroxylation is 1. The highest BCUT2D eigenvalue weighted by molar-refractivity contribution is 6.03. The van der Waals surface area contributed by atoms with Crippen LogP contribution in [0.15, 0.2) is 52.9 Å². The molecule has 1 atom stereocenters. The lowest BCUT2D eigenvalue weighted by molar-refractivity contribution is -0.274. The molecule has 8 nitrogen and oxygen atoms in total. The average Bonchev–Trinajstić information content (AvgIpc) is 3.34. The Balaban J connectivity index is 1.41. The molecule has 2 heterocycles. The number of amides is 2. The smallest absolute Gasteiger partial charge is 0.407 e. The maximum absolute atomic E-state index is 12.4. The molecule has 1 unspecified atom stereocenters. The molecular formula is C21H17F3N4O4. The van der Waals surface area contributed by atoms with Crippen molar-refractivity contribution in [2.75, 3.05) is 16.8 Å². The van der Waals surface area contributed by atoms with E-state index >= 15 is 0 Å². The van der Waals surface area contributed by atoms with Crippen LogP contribution in [0.25, 0.3) is 0 Å². The molecule has 3 aromatic rings. The number of rotatable bonds is 5. The number of benzene rings is 2. The summed E-state index contributed by atoms with van der Waals surface area (Å²) in [6, 6.07) is 11.9. The van der Waals surface area contributed by atoms with Gasteiger partial charge in [-0.05, 0) is 43.3 Å². The van der Waals surface area contributed by atoms with Crippen LogP contribution < -0.4 is 15.0 Å². The lowest BCUT2D eigenvalue weighted by atomic mass is 10.1. The van der Waals surface area contributed by atoms with Gasteiger partial charge in [-0.2, -0.15) is 0 Å². The molecule has 4 rings (SSSR count). The predicted molar refractivity (Wildman–Crippen MR) is 106 cm³/mol. The van der Waals surface area contributed by atoms with Crippen molar-refractivity contribution >= 4 is 23.5 Å². The summed E-state index contributed by atoms with van der Waals surface area (Å²) in [7, 11) is 0. The maximum atomic E-state index is 12.4. The Hall–Kier alpha value is -3.89. The van der Waals surface area contributed by atoms with Gasteiger partial charge in [0.1, 0.15) is 5.75 Å². The fraction of sp³-hybridized carbons (Fsp3) is 0.238. The number of carbonyl (C=O) groups is 2. The van der Waals surface area contributed by atoms with Crippen molar-refractivity contribution in [2.24, 2.45) is 0 Å². The summed E-state index contributed by atoms with van der Waals surface area (Å²) >= 11 is 0. The molecule has 0 saturated carbocycles. The number of ether oxygens (including phenoxy) is 1. The zero-order valence-electron chi connectivity index (χ0n) is 16.7. The number of hydrogen-bond acceptors (Lipinski definition) is 6. The molecule has 0 spiro atoms. The third kappa shape index (κ3) is 4.88. The maximum Gasteiger partial charge on any atom is 0.573 e. The Labute approximate surface area is 180 Å². The first-order chi connectivity index (χ1) is 15.2. The molecule has 11 heteroatoms. The van der Waals surface area contributed by atoms with Gasteiger partial charge in [0.15, 0.2) is 0 Å². The fourth-order valence-electron chi connectivity index (χ4n) is 3.36. The van der Waals surface area contributed by atoms with E-state index in [4.69, 9.17) is 4.42 Å². The number of alkyl halides is 3. The van der Waals surface area contributed by atoms with Crippen LogP contribution >= 0.6 is 0 Å². The molecule has 0 aliphatic carbocycles. The van der Waals surface area contributed by atoms with Gasteiger partial charge in [-0.15, -0.1) is 18.3 Å². The molecule has 1 N–H and O–H groups in total. The van der Waals surface area contributed by atoms with E-state index in [-0.39, 0.29) is 36.5 Å². The first-order valence-electron chi connectivity index (χ1n) is 9.55. The average molecular weight is 446 g/mol. The van der Waals surface area contributed by atoms with Gasteiger partial charge in [0.05, 0.1) is 5.92 Å². The van der Waals surface area contributed by atoms with E-state index in [1.54, 1.807) is 18.2 Å². The van der Waals surface area contributed by atoms with Gasteiger partial charge in [-0.25, -0.2) is 0 Å². The molecule has 1 fully saturated rings. The summed E-state index contributed by atoms with van der Waals surface area (Å²) < 4.78 is 46.3. The molecule has 1 aliphatic rings. The number of anilines is 2. The summed E-state index contributed by atoms with van der Waals surface area (Å²) in [6.45, 7) is 2.06. The number of carbonyl (C=O) groups excluding carboxylic acids is 2. The zero-order chi connectivity index (χ0) is 22.9. The standard InChI is InChI=1S/C21H17F3N4O4/c1-12-3-2-4-13(9-12)18(30)25-20-27-26-19(31-20)14-10-17(29)28(11-14)15-5-7-16(8-6-15)32-21(22,23)24/h2-9,14H,10-11H2,1H3,(H,25,27,30). The molecule has 2 aromatic carbocycles. The third-order valence-corrected chi connectivity index (χ3v) is 4.80. The Kier molecular flexibility index (Phi) is 5.56. The summed E-state index contributed by atoms with van der Waals surface area (Å²) in [6.07, 6.45) is -4.71. The SMILES string of the molecule is Cc1cccc(C(=O)Nc2nnc(C3CC(=O)N(c4ccc(OC(F)(F)F)cc4)C3)o2)c1. The van der Waals surface area contributed by atoms with Gasteiger partial charge in [0.25, 0.3) is 5.91 Å². The Bertz CT molecular complexity index is 1140. The lowest BCUT2D eigenvalue weighted by Gasteiger charge is -2.17. The lowest BCUT2D eigenvalue weighted by Crippen LogP contribution is -2.24. The number of halogens is 3. The first kappa shape index (κ1) is 21.3. The highest BCUT2D eigenvalue weighted by atomic mass is 19.4. The molecule has 1 aromatic heterocycles. The number of nitrogens with zero attached hydrogens (tertiary/aromatic N) is 3. The molecular weight excluding hydrogens is 429 g/mol. The minimum atomic E-state index is -4.79. The van der Waals surface area contributed by atoms with Crippen LogP contribution in [-0.4, -0.2) is 34.9 Å². The zero-order valence-corrected chi connectivity index (χ0v) is 16.7. The van der Waals surface area contributed by atoms with Crippen LogP contribution in [0.4, 0.5) is 24.9 Å². The van der Waals surface area contributed by atoms with E-state index < -0.39 is 18.2 Å². The largest absolute Gasteiger partial charge is 0.573 e. The van der Waals surface area contributed by atoms with Crippen molar-refractivity contribution in [1.29, 1.82) is 0 Å². The van der Waals surface area contributed by atoms with Gasteiger partial charge in [0.2, 0.25) is 11.8 Å². The quantitative estimate of drug-likeness (QED) is 0.635. The van der Waals surface area contributed by atoms with E-state index in [0.29, 0.717) is 11.3 Å². The Morgan fingerprint density at radius 1 is 1.19 bits per heavy atom. The highest BCUT2D eigenvalue weighted by Crippen LogP contribution is 2.33. The molecule has 166 valence electrons. The molecule has 1 aliphatic heterocycles. The molecule has 0 bridgehead atoms. The van der Waals surface area contributed by atoms with Crippen molar-refractivity contribution in [2.45, 2.75) is 25.6 Å². The number of nitrogens with one attached hydrogen (secondary N) is 1. The second-order valence-electron chi connectivity index (χ2n) is 7.22. The highest BCUT2D eigenvalue weighted by Gasteiger charge is 2.35. The number of hydrogen-bond donors (Lipinski definition) is 1. The van der Waals surface area contributed by atoms with Crippen LogP contribution in [0.1, 0.15) is 34.2 Å². The third-order valence-electron chi connectivity index (χ3n) is 4.80. The molecule has 2 amide bonds. The number of aromatic nitrogens is 2. The summed E-state index contributed by atoms with van der Waals surface area (Å²) in [5, 5.41) is 10.3. The van der Waals surface area contributed by atoms with Crippen molar-refractivity contribution < 1.29 is 31.9 Å². The van der Waals surface area contributed by atoms with Crippen LogP contribution in [-0.2, 0) is 4.79 Å². The van der Waals surface area contributed by atoms with Crippen LogP contribution in [0.5, 0.6) is 5.75 Å². The Morgan fingerprint density at radius 2 is 1.94 bits per heavy atom. The second kappa shape index (κ2) is 8.33. The van der Waals surface area contributed by atoms with Gasteiger partial charge < -0.3 is 14.1 Å². The van der Waals surface area contributed by atoms with E-state index in [9.17, 15) is 22.8 Å². The fourth-order valence-corrected chi connectivity index (χ4v) is 3.36. The minimum absolute atomic E-state index is 0.0776. The van der Waals surface area contributed by atoms with Gasteiger partial charge in [-0.3, -0.25) is 14.9 Å². The van der Waals surface area contributed by atoms with Gasteiger partial charge >= 0.3 is 12.4 Å². The summed E-state index contributed by atoms with van der Waals surface area (Å²) in [4.78, 5) is 26.2. The van der Waals surface area contributed by atoms with Gasteiger partial charge in [0, 0.05) is 24.2 Å². The second-order valence-corrected chi connectivity index (χ2v) is 7.22. The molecule has 0 radical (unpaired) electrons. The van der Waals surface area contributed by atoms with E-state index in [1.807, 2.05) is 13.0 Å². The van der Waals surface area contributed by atoms with Crippen LogP contribution in [0, 0.1) is 6.92 Å². The molecule has 32 heavy (non-hydrogen) atoms. The van der Waals surface area contributed by atoms with Crippen molar-refractivity contribution in [3.05, 3.63) is 65.5 Å². The van der Waals surface area contributed by atoms with E-state index in [2.05, 4.69) is 20.3 Å². The van der Waals surface area contributed by atoms with E-state index in [0.717, 1.165) is 17.7 Å². The summed E-state index contributed by atoms with van der Waals surface area (Å²) in [5.74, 6) is -1.28. The van der Waals surface area contributed by atoms with Crippen LogP contribution in [0.3, 0.4) is 0 Å². The summed E-state index contributed by atoms with van der Waals surface area (Å²) in [5.41, 5.74) is 1.77. The van der Waals surface area contributed by atoms with E-state index in [1.165, 1.54) is 17.0 Å². The normalized spacial score (nSPS) is 16.3. The van der Waals surface area contributed by atoms with Crippen LogP contribution in [0.2, 0.25) is 0 Å². The predicted octanol–water partition coefficient (Wildman–Crippen LogP) is 4.05. The van der Waals surface area contributed by atoms with Crippen molar-refractivity contribution in [3.63, 3.8) is 0 Å². The molecule has 1 saturated heterocycles. The first-order valence-corrected chi connectivity index (χ1v) is 9.55. The van der Waals surface area contributed by atoms with Gasteiger partial charge in [-0.1, -0.05) is 22.8 Å². The van der Waals surface area contributed by atoms with Crippen molar-refractivity contribution in [1.82, 2.24) is 10.2 Å². The topological polar surface area (TPSA) is 97.6 Å². The Morgan fingerprint density at radius 3 is 2.62 bits per heavy atom.